The Kier molecular flexibility index (Phi) is 4.31. The van der Waals surface area contributed by atoms with Crippen LogP contribution in [0.25, 0.3) is 0 Å². The summed E-state index contributed by atoms with van der Waals surface area (Å²) in [5, 5.41) is 3.12. The Morgan fingerprint density at radius 2 is 2.28 bits per heavy atom. The average molecular weight is 247 g/mol. The van der Waals surface area contributed by atoms with E-state index in [-0.39, 0.29) is 18.0 Å². The van der Waals surface area contributed by atoms with Crippen molar-refractivity contribution in [2.45, 2.75) is 44.8 Å². The lowest BCUT2D eigenvalue weighted by Crippen LogP contribution is -2.46. The first kappa shape index (κ1) is 13.0. The highest BCUT2D eigenvalue weighted by Crippen LogP contribution is 2.19. The highest BCUT2D eigenvalue weighted by atomic mass is 16.2. The van der Waals surface area contributed by atoms with Crippen molar-refractivity contribution in [1.29, 1.82) is 0 Å². The van der Waals surface area contributed by atoms with Gasteiger partial charge in [0.2, 0.25) is 5.91 Å². The molecule has 98 valence electrons. The van der Waals surface area contributed by atoms with Crippen LogP contribution in [0.2, 0.25) is 0 Å². The molecule has 2 heterocycles. The molecular weight excluding hydrogens is 226 g/mol. The highest BCUT2D eigenvalue weighted by Gasteiger charge is 2.29. The lowest BCUT2D eigenvalue weighted by Gasteiger charge is -2.29. The molecule has 0 bridgehead atoms. The molecule has 1 N–H and O–H groups in total. The molecule has 1 amide bonds. The number of carbonyl (C=O) groups is 1. The zero-order valence-electron chi connectivity index (χ0n) is 11.1. The summed E-state index contributed by atoms with van der Waals surface area (Å²) in [6.07, 6.45) is 4.87. The maximum atomic E-state index is 12.4. The van der Waals surface area contributed by atoms with Gasteiger partial charge in [-0.15, -0.1) is 0 Å². The molecule has 0 radical (unpaired) electrons. The quantitative estimate of drug-likeness (QED) is 0.882. The standard InChI is InChI=1S/C14H21N3O/c1-11-6-5-8-13(15-2)14(18)17(11)10-12-7-3-4-9-16-12/h3-4,7,9,11,13,15H,5-6,8,10H2,1-2H3. The molecular formula is C14H21N3O. The third kappa shape index (κ3) is 2.88. The summed E-state index contributed by atoms with van der Waals surface area (Å²) < 4.78 is 0. The van der Waals surface area contributed by atoms with Crippen molar-refractivity contribution in [3.05, 3.63) is 30.1 Å². The smallest absolute Gasteiger partial charge is 0.240 e. The van der Waals surface area contributed by atoms with Crippen LogP contribution in [0.5, 0.6) is 0 Å². The van der Waals surface area contributed by atoms with Crippen molar-refractivity contribution in [2.75, 3.05) is 7.05 Å². The van der Waals surface area contributed by atoms with E-state index < -0.39 is 0 Å². The van der Waals surface area contributed by atoms with Crippen LogP contribution < -0.4 is 5.32 Å². The third-order valence-electron chi connectivity index (χ3n) is 3.63. The Labute approximate surface area is 108 Å². The molecule has 1 aromatic heterocycles. The Balaban J connectivity index is 2.14. The summed E-state index contributed by atoms with van der Waals surface area (Å²) >= 11 is 0. The van der Waals surface area contributed by atoms with Gasteiger partial charge in [-0.2, -0.15) is 0 Å². The average Bonchev–Trinajstić information content (AvgIpc) is 2.53. The molecule has 1 saturated heterocycles. The second kappa shape index (κ2) is 5.96. The predicted octanol–water partition coefficient (Wildman–Crippen LogP) is 1.57. The summed E-state index contributed by atoms with van der Waals surface area (Å²) in [6.45, 7) is 2.73. The predicted molar refractivity (Wildman–Crippen MR) is 70.9 cm³/mol. The van der Waals surface area contributed by atoms with Crippen LogP contribution in [0.1, 0.15) is 31.9 Å². The first-order chi connectivity index (χ1) is 8.72. The van der Waals surface area contributed by atoms with Crippen LogP contribution in [0.15, 0.2) is 24.4 Å². The number of likely N-dealkylation sites (N-methyl/N-ethyl adjacent to an activating group) is 1. The normalized spacial score (nSPS) is 25.0. The number of nitrogens with one attached hydrogen (secondary N) is 1. The summed E-state index contributed by atoms with van der Waals surface area (Å²) in [5.41, 5.74) is 0.953. The third-order valence-corrected chi connectivity index (χ3v) is 3.63. The van der Waals surface area contributed by atoms with E-state index in [1.54, 1.807) is 6.20 Å². The SMILES string of the molecule is CNC1CCCC(C)N(Cc2ccccn2)C1=O. The largest absolute Gasteiger partial charge is 0.333 e. The lowest BCUT2D eigenvalue weighted by atomic mass is 10.1. The minimum Gasteiger partial charge on any atom is -0.333 e. The van der Waals surface area contributed by atoms with Gasteiger partial charge in [0, 0.05) is 12.2 Å². The fraction of sp³-hybridized carbons (Fsp3) is 0.571. The molecule has 4 heteroatoms. The number of amides is 1. The van der Waals surface area contributed by atoms with E-state index in [0.29, 0.717) is 6.54 Å². The zero-order chi connectivity index (χ0) is 13.0. The van der Waals surface area contributed by atoms with Crippen molar-refractivity contribution in [2.24, 2.45) is 0 Å². The van der Waals surface area contributed by atoms with Crippen LogP contribution in [-0.2, 0) is 11.3 Å². The molecule has 1 aliphatic rings. The van der Waals surface area contributed by atoms with Crippen LogP contribution >= 0.6 is 0 Å². The lowest BCUT2D eigenvalue weighted by molar-refractivity contribution is -0.135. The van der Waals surface area contributed by atoms with Crippen LogP contribution in [0.4, 0.5) is 0 Å². The molecule has 1 fully saturated rings. The van der Waals surface area contributed by atoms with Gasteiger partial charge in [-0.05, 0) is 45.4 Å². The molecule has 18 heavy (non-hydrogen) atoms. The van der Waals surface area contributed by atoms with Gasteiger partial charge in [-0.1, -0.05) is 6.07 Å². The number of nitrogens with zero attached hydrogens (tertiary/aromatic N) is 2. The van der Waals surface area contributed by atoms with Gasteiger partial charge in [0.1, 0.15) is 0 Å². The Morgan fingerprint density at radius 1 is 1.44 bits per heavy atom. The zero-order valence-corrected chi connectivity index (χ0v) is 11.1. The topological polar surface area (TPSA) is 45.2 Å². The molecule has 1 aliphatic heterocycles. The number of carbonyl (C=O) groups excluding carboxylic acids is 1. The van der Waals surface area contributed by atoms with E-state index in [4.69, 9.17) is 0 Å². The number of hydrogen-bond acceptors (Lipinski definition) is 3. The van der Waals surface area contributed by atoms with Gasteiger partial charge in [0.15, 0.2) is 0 Å². The van der Waals surface area contributed by atoms with Crippen molar-refractivity contribution in [1.82, 2.24) is 15.2 Å². The number of rotatable bonds is 3. The molecule has 0 saturated carbocycles. The number of pyridine rings is 1. The fourth-order valence-corrected chi connectivity index (χ4v) is 2.48. The maximum absolute atomic E-state index is 12.4. The number of likely N-dealkylation sites (tertiary alicyclic amines) is 1. The van der Waals surface area contributed by atoms with Crippen molar-refractivity contribution < 1.29 is 4.79 Å². The Morgan fingerprint density at radius 3 is 2.94 bits per heavy atom. The molecule has 0 spiro atoms. The summed E-state index contributed by atoms with van der Waals surface area (Å²) in [5.74, 6) is 0.202. The van der Waals surface area contributed by atoms with E-state index in [0.717, 1.165) is 25.0 Å². The van der Waals surface area contributed by atoms with Crippen LogP contribution in [0.3, 0.4) is 0 Å². The molecule has 0 aliphatic carbocycles. The summed E-state index contributed by atoms with van der Waals surface area (Å²) in [6, 6.07) is 6.08. The molecule has 2 rings (SSSR count). The highest BCUT2D eigenvalue weighted by molar-refractivity contribution is 5.82. The first-order valence-corrected chi connectivity index (χ1v) is 6.60. The van der Waals surface area contributed by atoms with Crippen LogP contribution in [0, 0.1) is 0 Å². The van der Waals surface area contributed by atoms with E-state index in [1.165, 1.54) is 0 Å². The van der Waals surface area contributed by atoms with Gasteiger partial charge in [0.05, 0.1) is 18.3 Å². The minimum atomic E-state index is -0.0429. The van der Waals surface area contributed by atoms with Gasteiger partial charge < -0.3 is 10.2 Å². The van der Waals surface area contributed by atoms with E-state index in [1.807, 2.05) is 30.1 Å². The maximum Gasteiger partial charge on any atom is 0.240 e. The molecule has 2 unspecified atom stereocenters. The van der Waals surface area contributed by atoms with Crippen molar-refractivity contribution in [3.63, 3.8) is 0 Å². The monoisotopic (exact) mass is 247 g/mol. The first-order valence-electron chi connectivity index (χ1n) is 6.60. The number of aromatic nitrogens is 1. The van der Waals surface area contributed by atoms with Gasteiger partial charge in [-0.3, -0.25) is 9.78 Å². The molecule has 1 aromatic rings. The fourth-order valence-electron chi connectivity index (χ4n) is 2.48. The second-order valence-electron chi connectivity index (χ2n) is 4.91. The van der Waals surface area contributed by atoms with Gasteiger partial charge >= 0.3 is 0 Å². The van der Waals surface area contributed by atoms with E-state index in [2.05, 4.69) is 17.2 Å². The van der Waals surface area contributed by atoms with Gasteiger partial charge in [0.25, 0.3) is 0 Å². The molecule has 4 nitrogen and oxygen atoms in total. The van der Waals surface area contributed by atoms with Gasteiger partial charge in [-0.25, -0.2) is 0 Å². The Hall–Kier alpha value is -1.42. The Bertz CT molecular complexity index is 393. The molecule has 0 aromatic carbocycles. The summed E-state index contributed by atoms with van der Waals surface area (Å²) in [7, 11) is 1.86. The molecule has 2 atom stereocenters. The van der Waals surface area contributed by atoms with Crippen molar-refractivity contribution >= 4 is 5.91 Å². The van der Waals surface area contributed by atoms with Crippen LogP contribution in [-0.4, -0.2) is 34.9 Å². The number of hydrogen-bond donors (Lipinski definition) is 1. The van der Waals surface area contributed by atoms with Crippen molar-refractivity contribution in [3.8, 4) is 0 Å². The van der Waals surface area contributed by atoms with E-state index in [9.17, 15) is 4.79 Å². The second-order valence-corrected chi connectivity index (χ2v) is 4.91. The van der Waals surface area contributed by atoms with E-state index >= 15 is 0 Å². The minimum absolute atomic E-state index is 0.0429. The summed E-state index contributed by atoms with van der Waals surface area (Å²) in [4.78, 5) is 18.7.